The largest absolute Gasteiger partial charge is 0.481 e. The molecular formula is C17H28F3N3O4. The fourth-order valence-electron chi connectivity index (χ4n) is 3.67. The van der Waals surface area contributed by atoms with Crippen molar-refractivity contribution in [1.82, 2.24) is 15.1 Å². The summed E-state index contributed by atoms with van der Waals surface area (Å²) in [6.45, 7) is 6.58. The number of carboxylic acid groups (broad SMARTS) is 1. The first-order valence-corrected chi connectivity index (χ1v) is 9.18. The number of morpholine rings is 1. The molecule has 1 amide bonds. The first kappa shape index (κ1) is 21.9. The van der Waals surface area contributed by atoms with Crippen LogP contribution in [0.25, 0.3) is 0 Å². The number of halogens is 3. The number of carbonyl (C=O) groups excluding carboxylic acids is 1. The lowest BCUT2D eigenvalue weighted by Crippen LogP contribution is -2.49. The second-order valence-corrected chi connectivity index (χ2v) is 7.74. The van der Waals surface area contributed by atoms with Gasteiger partial charge in [-0.15, -0.1) is 0 Å². The fraction of sp³-hybridized carbons (Fsp3) is 0.882. The normalized spacial score (nSPS) is 27.9. The molecule has 2 N–H and O–H groups in total. The molecule has 2 saturated heterocycles. The Kier molecular flexibility index (Phi) is 7.47. The Balaban J connectivity index is 1.78. The molecule has 10 heteroatoms. The van der Waals surface area contributed by atoms with Gasteiger partial charge in [-0.1, -0.05) is 13.8 Å². The van der Waals surface area contributed by atoms with Crippen molar-refractivity contribution in [3.8, 4) is 0 Å². The molecule has 0 spiro atoms. The topological polar surface area (TPSA) is 82.1 Å². The highest BCUT2D eigenvalue weighted by atomic mass is 19.4. The minimum absolute atomic E-state index is 0.158. The molecule has 0 aromatic heterocycles. The lowest BCUT2D eigenvalue weighted by Gasteiger charge is -2.34. The highest BCUT2D eigenvalue weighted by molar-refractivity contribution is 5.78. The molecule has 2 aliphatic rings. The van der Waals surface area contributed by atoms with Crippen molar-refractivity contribution < 1.29 is 32.6 Å². The Labute approximate surface area is 156 Å². The molecule has 0 radical (unpaired) electrons. The number of nitrogens with zero attached hydrogens (tertiary/aromatic N) is 2. The minimum Gasteiger partial charge on any atom is -0.481 e. The quantitative estimate of drug-likeness (QED) is 0.659. The number of aliphatic carboxylic acids is 1. The number of carbonyl (C=O) groups is 2. The van der Waals surface area contributed by atoms with E-state index in [4.69, 9.17) is 9.84 Å². The number of rotatable bonds is 7. The minimum atomic E-state index is -4.59. The van der Waals surface area contributed by atoms with Crippen LogP contribution in [0.5, 0.6) is 0 Å². The van der Waals surface area contributed by atoms with Crippen LogP contribution in [0.1, 0.15) is 13.8 Å². The maximum atomic E-state index is 13.0. The Bertz CT molecular complexity index is 530. The molecule has 0 aromatic rings. The number of hydrogen-bond acceptors (Lipinski definition) is 5. The summed E-state index contributed by atoms with van der Waals surface area (Å²) >= 11 is 0. The molecule has 27 heavy (non-hydrogen) atoms. The third-order valence-electron chi connectivity index (χ3n) is 4.87. The van der Waals surface area contributed by atoms with Gasteiger partial charge in [0.2, 0.25) is 5.91 Å². The second-order valence-electron chi connectivity index (χ2n) is 7.74. The predicted octanol–water partition coefficient (Wildman–Crippen LogP) is 0.654. The molecule has 2 aliphatic heterocycles. The van der Waals surface area contributed by atoms with Crippen molar-refractivity contribution in [2.45, 2.75) is 26.1 Å². The van der Waals surface area contributed by atoms with Crippen LogP contribution in [0.2, 0.25) is 0 Å². The number of likely N-dealkylation sites (tertiary alicyclic amines) is 1. The number of carboxylic acids is 1. The first-order valence-electron chi connectivity index (χ1n) is 9.18. The van der Waals surface area contributed by atoms with E-state index < -0.39 is 36.4 Å². The Morgan fingerprint density at radius 2 is 1.93 bits per heavy atom. The molecule has 1 unspecified atom stereocenters. The lowest BCUT2D eigenvalue weighted by molar-refractivity contribution is -0.188. The van der Waals surface area contributed by atoms with E-state index in [-0.39, 0.29) is 25.7 Å². The predicted molar refractivity (Wildman–Crippen MR) is 91.1 cm³/mol. The summed E-state index contributed by atoms with van der Waals surface area (Å²) in [5, 5.41) is 11.7. The van der Waals surface area contributed by atoms with Crippen molar-refractivity contribution in [2.75, 3.05) is 52.4 Å². The van der Waals surface area contributed by atoms with Gasteiger partial charge in [0, 0.05) is 39.3 Å². The lowest BCUT2D eigenvalue weighted by atomic mass is 9.96. The van der Waals surface area contributed by atoms with Crippen molar-refractivity contribution in [3.63, 3.8) is 0 Å². The van der Waals surface area contributed by atoms with Gasteiger partial charge in [0.25, 0.3) is 0 Å². The summed E-state index contributed by atoms with van der Waals surface area (Å²) in [7, 11) is 0. The van der Waals surface area contributed by atoms with E-state index in [1.165, 1.54) is 4.90 Å². The molecule has 2 heterocycles. The monoisotopic (exact) mass is 395 g/mol. The van der Waals surface area contributed by atoms with Gasteiger partial charge in [-0.05, 0) is 5.92 Å². The van der Waals surface area contributed by atoms with Crippen molar-refractivity contribution in [1.29, 1.82) is 0 Å². The summed E-state index contributed by atoms with van der Waals surface area (Å²) in [6.07, 6.45) is -4.75. The summed E-state index contributed by atoms with van der Waals surface area (Å²) < 4.78 is 44.6. The van der Waals surface area contributed by atoms with Gasteiger partial charge in [-0.3, -0.25) is 19.4 Å². The van der Waals surface area contributed by atoms with E-state index in [9.17, 15) is 22.8 Å². The van der Waals surface area contributed by atoms with Crippen LogP contribution in [0.15, 0.2) is 0 Å². The van der Waals surface area contributed by atoms with Crippen LogP contribution >= 0.6 is 0 Å². The maximum absolute atomic E-state index is 13.0. The SMILES string of the molecule is CC(C)CN1CCOC(CNC(=O)CN2C[C@@H](C(F)(F)F)[C@H](C(=O)O)C2)C1. The third kappa shape index (κ3) is 6.62. The summed E-state index contributed by atoms with van der Waals surface area (Å²) in [6, 6.07) is 0. The van der Waals surface area contributed by atoms with Gasteiger partial charge in [0.05, 0.1) is 31.1 Å². The van der Waals surface area contributed by atoms with Crippen LogP contribution < -0.4 is 5.32 Å². The molecule has 2 rings (SSSR count). The number of nitrogens with one attached hydrogen (secondary N) is 1. The number of amides is 1. The molecule has 2 fully saturated rings. The van der Waals surface area contributed by atoms with Gasteiger partial charge in [-0.25, -0.2) is 0 Å². The zero-order chi connectivity index (χ0) is 20.2. The van der Waals surface area contributed by atoms with Gasteiger partial charge in [0.1, 0.15) is 0 Å². The van der Waals surface area contributed by atoms with Crippen LogP contribution in [0.3, 0.4) is 0 Å². The zero-order valence-corrected chi connectivity index (χ0v) is 15.7. The third-order valence-corrected chi connectivity index (χ3v) is 4.87. The van der Waals surface area contributed by atoms with Gasteiger partial charge >= 0.3 is 12.1 Å². The first-order chi connectivity index (χ1) is 12.6. The second kappa shape index (κ2) is 9.20. The maximum Gasteiger partial charge on any atom is 0.393 e. The summed E-state index contributed by atoms with van der Waals surface area (Å²) in [4.78, 5) is 26.7. The average Bonchev–Trinajstić information content (AvgIpc) is 2.97. The summed E-state index contributed by atoms with van der Waals surface area (Å²) in [5.41, 5.74) is 0. The molecule has 3 atom stereocenters. The van der Waals surface area contributed by atoms with Gasteiger partial charge in [0.15, 0.2) is 0 Å². The van der Waals surface area contributed by atoms with Crippen LogP contribution in [-0.4, -0.2) is 91.5 Å². The number of alkyl halides is 3. The average molecular weight is 395 g/mol. The number of ether oxygens (including phenoxy) is 1. The fourth-order valence-corrected chi connectivity index (χ4v) is 3.67. The van der Waals surface area contributed by atoms with Crippen molar-refractivity contribution in [3.05, 3.63) is 0 Å². The Morgan fingerprint density at radius 1 is 1.22 bits per heavy atom. The highest BCUT2D eigenvalue weighted by Crippen LogP contribution is 2.37. The Hall–Kier alpha value is -1.39. The van der Waals surface area contributed by atoms with Crippen LogP contribution in [0, 0.1) is 17.8 Å². The van der Waals surface area contributed by atoms with E-state index in [2.05, 4.69) is 24.1 Å². The number of hydrogen-bond donors (Lipinski definition) is 2. The molecule has 7 nitrogen and oxygen atoms in total. The standard InChI is InChI=1S/C17H28F3N3O4/c1-11(2)6-22-3-4-27-12(7-22)5-21-15(24)10-23-8-13(16(25)26)14(9-23)17(18,19)20/h11-14H,3-10H2,1-2H3,(H,21,24)(H,25,26)/t12?,13-,14-/m1/s1. The highest BCUT2D eigenvalue weighted by Gasteiger charge is 2.52. The van der Waals surface area contributed by atoms with E-state index in [0.29, 0.717) is 19.1 Å². The van der Waals surface area contributed by atoms with Crippen molar-refractivity contribution in [2.24, 2.45) is 17.8 Å². The zero-order valence-electron chi connectivity index (χ0n) is 15.7. The molecule has 0 aliphatic carbocycles. The van der Waals surface area contributed by atoms with Crippen LogP contribution in [-0.2, 0) is 14.3 Å². The van der Waals surface area contributed by atoms with E-state index >= 15 is 0 Å². The van der Waals surface area contributed by atoms with Crippen LogP contribution in [0.4, 0.5) is 13.2 Å². The van der Waals surface area contributed by atoms with E-state index in [0.717, 1.165) is 13.1 Å². The van der Waals surface area contributed by atoms with Crippen molar-refractivity contribution >= 4 is 11.9 Å². The van der Waals surface area contributed by atoms with E-state index in [1.807, 2.05) is 0 Å². The molecule has 0 aromatic carbocycles. The Morgan fingerprint density at radius 3 is 2.48 bits per heavy atom. The van der Waals surface area contributed by atoms with Gasteiger partial charge < -0.3 is 15.2 Å². The summed E-state index contributed by atoms with van der Waals surface area (Å²) in [5.74, 6) is -4.87. The van der Waals surface area contributed by atoms with Gasteiger partial charge in [-0.2, -0.15) is 13.2 Å². The molecular weight excluding hydrogens is 367 g/mol. The smallest absolute Gasteiger partial charge is 0.393 e. The molecule has 0 bridgehead atoms. The molecule has 0 saturated carbocycles. The van der Waals surface area contributed by atoms with E-state index in [1.54, 1.807) is 0 Å². The molecule has 156 valence electrons.